The Kier molecular flexibility index (Phi) is 5.57. The monoisotopic (exact) mass is 332 g/mol. The molecular weight excluding hydrogens is 312 g/mol. The van der Waals surface area contributed by atoms with Gasteiger partial charge < -0.3 is 14.5 Å². The van der Waals surface area contributed by atoms with Gasteiger partial charge in [-0.3, -0.25) is 10.1 Å². The van der Waals surface area contributed by atoms with E-state index < -0.39 is 17.6 Å². The third kappa shape index (κ3) is 4.34. The molecule has 0 aliphatic rings. The first-order valence-electron chi connectivity index (χ1n) is 7.69. The first-order chi connectivity index (χ1) is 11.4. The fraction of sp³-hybridized carbons (Fsp3) is 0.353. The fourth-order valence-electron chi connectivity index (χ4n) is 2.25. The van der Waals surface area contributed by atoms with E-state index in [9.17, 15) is 14.4 Å². The van der Waals surface area contributed by atoms with Crippen LogP contribution in [0.1, 0.15) is 32.3 Å². The van der Waals surface area contributed by atoms with E-state index in [4.69, 9.17) is 9.15 Å². The Morgan fingerprint density at radius 3 is 2.67 bits per heavy atom. The number of nitrogens with one attached hydrogen (secondary N) is 2. The smallest absolute Gasteiger partial charge is 0.336 e. The number of hydrogen-bond donors (Lipinski definition) is 2. The highest BCUT2D eigenvalue weighted by Crippen LogP contribution is 2.26. The van der Waals surface area contributed by atoms with E-state index in [1.165, 1.54) is 6.07 Å². The molecule has 0 spiro atoms. The van der Waals surface area contributed by atoms with Crippen molar-refractivity contribution in [2.75, 3.05) is 13.2 Å². The maximum Gasteiger partial charge on any atom is 0.336 e. The van der Waals surface area contributed by atoms with Crippen LogP contribution in [0.3, 0.4) is 0 Å². The molecule has 0 unspecified atom stereocenters. The normalized spacial score (nSPS) is 10.7. The zero-order valence-electron chi connectivity index (χ0n) is 13.8. The average molecular weight is 332 g/mol. The van der Waals surface area contributed by atoms with Crippen molar-refractivity contribution in [3.8, 4) is 5.75 Å². The predicted molar refractivity (Wildman–Crippen MR) is 89.3 cm³/mol. The average Bonchev–Trinajstić information content (AvgIpc) is 2.51. The molecule has 0 saturated carbocycles. The van der Waals surface area contributed by atoms with Crippen LogP contribution in [-0.4, -0.2) is 25.1 Å². The van der Waals surface area contributed by atoms with Crippen molar-refractivity contribution >= 4 is 22.9 Å². The molecule has 1 aromatic carbocycles. The van der Waals surface area contributed by atoms with Gasteiger partial charge in [0.1, 0.15) is 11.3 Å². The number of ether oxygens (including phenoxy) is 1. The summed E-state index contributed by atoms with van der Waals surface area (Å²) in [6, 6.07) is 5.94. The zero-order chi connectivity index (χ0) is 17.7. The highest BCUT2D eigenvalue weighted by atomic mass is 16.5. The molecule has 0 radical (unpaired) electrons. The third-order valence-corrected chi connectivity index (χ3v) is 3.33. The molecule has 1 aromatic heterocycles. The Hall–Kier alpha value is -2.83. The second kappa shape index (κ2) is 7.63. The van der Waals surface area contributed by atoms with Gasteiger partial charge in [-0.2, -0.15) is 0 Å². The second-order valence-electron chi connectivity index (χ2n) is 5.53. The summed E-state index contributed by atoms with van der Waals surface area (Å²) >= 11 is 0. The molecule has 24 heavy (non-hydrogen) atoms. The molecular formula is C17H20N2O5. The van der Waals surface area contributed by atoms with Gasteiger partial charge in [0.25, 0.3) is 5.91 Å². The first-order valence-corrected chi connectivity index (χ1v) is 7.69. The van der Waals surface area contributed by atoms with Crippen LogP contribution in [0.25, 0.3) is 11.0 Å². The molecule has 128 valence electrons. The Bertz CT molecular complexity index is 810. The minimum absolute atomic E-state index is 0.172. The number of amides is 3. The molecule has 0 aliphatic heterocycles. The van der Waals surface area contributed by atoms with Crippen molar-refractivity contribution in [2.24, 2.45) is 0 Å². The van der Waals surface area contributed by atoms with E-state index in [2.05, 4.69) is 10.6 Å². The summed E-state index contributed by atoms with van der Waals surface area (Å²) < 4.78 is 10.5. The van der Waals surface area contributed by atoms with Crippen LogP contribution >= 0.6 is 0 Å². The lowest BCUT2D eigenvalue weighted by Gasteiger charge is -2.10. The molecule has 0 saturated heterocycles. The van der Waals surface area contributed by atoms with E-state index in [1.54, 1.807) is 25.1 Å². The minimum atomic E-state index is -0.572. The molecule has 0 bridgehead atoms. The maximum absolute atomic E-state index is 11.7. The molecule has 0 fully saturated rings. The molecule has 7 heteroatoms. The van der Waals surface area contributed by atoms with Crippen LogP contribution in [0, 0.1) is 0 Å². The summed E-state index contributed by atoms with van der Waals surface area (Å²) in [4.78, 5) is 34.5. The standard InChI is InChI=1S/C17H20N2O5/c1-4-18-17(22)19-15(20)9-23-11-5-6-12-13(10(2)3)8-16(21)24-14(12)7-11/h5-8,10H,4,9H2,1-3H3,(H2,18,19,20,22). The Morgan fingerprint density at radius 1 is 1.25 bits per heavy atom. The number of benzene rings is 1. The molecule has 7 nitrogen and oxygen atoms in total. The number of fused-ring (bicyclic) bond motifs is 1. The van der Waals surface area contributed by atoms with E-state index in [-0.39, 0.29) is 12.5 Å². The van der Waals surface area contributed by atoms with Crippen molar-refractivity contribution in [1.29, 1.82) is 0 Å². The van der Waals surface area contributed by atoms with Crippen LogP contribution in [0.15, 0.2) is 33.5 Å². The quantitative estimate of drug-likeness (QED) is 0.818. The fourth-order valence-corrected chi connectivity index (χ4v) is 2.25. The maximum atomic E-state index is 11.7. The summed E-state index contributed by atoms with van der Waals surface area (Å²) in [5.41, 5.74) is 0.854. The minimum Gasteiger partial charge on any atom is -0.484 e. The van der Waals surface area contributed by atoms with Gasteiger partial charge in [0.15, 0.2) is 6.61 Å². The third-order valence-electron chi connectivity index (χ3n) is 3.33. The lowest BCUT2D eigenvalue weighted by molar-refractivity contribution is -0.122. The Labute approximate surface area is 139 Å². The van der Waals surface area contributed by atoms with E-state index >= 15 is 0 Å². The van der Waals surface area contributed by atoms with Crippen LogP contribution in [0.5, 0.6) is 5.75 Å². The SMILES string of the molecule is CCNC(=O)NC(=O)COc1ccc2c(C(C)C)cc(=O)oc2c1. The van der Waals surface area contributed by atoms with E-state index in [0.29, 0.717) is 17.9 Å². The molecule has 2 aromatic rings. The van der Waals surface area contributed by atoms with Crippen molar-refractivity contribution < 1.29 is 18.7 Å². The lowest BCUT2D eigenvalue weighted by atomic mass is 10.00. The number of urea groups is 1. The molecule has 0 aliphatic carbocycles. The van der Waals surface area contributed by atoms with Gasteiger partial charge in [0.2, 0.25) is 0 Å². The molecule has 1 heterocycles. The Morgan fingerprint density at radius 2 is 2.00 bits per heavy atom. The number of imide groups is 1. The van der Waals surface area contributed by atoms with Crippen LogP contribution < -0.4 is 21.0 Å². The van der Waals surface area contributed by atoms with Gasteiger partial charge in [0, 0.05) is 24.1 Å². The Balaban J connectivity index is 2.12. The van der Waals surface area contributed by atoms with E-state index in [1.807, 2.05) is 13.8 Å². The van der Waals surface area contributed by atoms with Crippen molar-refractivity contribution in [3.05, 3.63) is 40.2 Å². The lowest BCUT2D eigenvalue weighted by Crippen LogP contribution is -2.41. The number of hydrogen-bond acceptors (Lipinski definition) is 5. The van der Waals surface area contributed by atoms with Gasteiger partial charge >= 0.3 is 11.7 Å². The predicted octanol–water partition coefficient (Wildman–Crippen LogP) is 2.14. The molecule has 0 atom stereocenters. The molecule has 2 N–H and O–H groups in total. The summed E-state index contributed by atoms with van der Waals surface area (Å²) in [6.45, 7) is 5.82. The van der Waals surface area contributed by atoms with Gasteiger partial charge in [-0.05, 0) is 30.5 Å². The van der Waals surface area contributed by atoms with Crippen LogP contribution in [0.4, 0.5) is 4.79 Å². The van der Waals surface area contributed by atoms with Crippen LogP contribution in [-0.2, 0) is 4.79 Å². The van der Waals surface area contributed by atoms with Crippen molar-refractivity contribution in [1.82, 2.24) is 10.6 Å². The van der Waals surface area contributed by atoms with Gasteiger partial charge in [-0.25, -0.2) is 9.59 Å². The van der Waals surface area contributed by atoms with Gasteiger partial charge in [-0.15, -0.1) is 0 Å². The van der Waals surface area contributed by atoms with Crippen molar-refractivity contribution in [3.63, 3.8) is 0 Å². The van der Waals surface area contributed by atoms with E-state index in [0.717, 1.165) is 10.9 Å². The molecule has 2 rings (SSSR count). The number of rotatable bonds is 5. The van der Waals surface area contributed by atoms with Gasteiger partial charge in [-0.1, -0.05) is 13.8 Å². The summed E-state index contributed by atoms with van der Waals surface area (Å²) in [5, 5.41) is 5.40. The van der Waals surface area contributed by atoms with Crippen molar-refractivity contribution in [2.45, 2.75) is 26.7 Å². The topological polar surface area (TPSA) is 97.6 Å². The number of carbonyl (C=O) groups is 2. The zero-order valence-corrected chi connectivity index (χ0v) is 13.8. The summed E-state index contributed by atoms with van der Waals surface area (Å²) in [7, 11) is 0. The highest BCUT2D eigenvalue weighted by Gasteiger charge is 2.11. The first kappa shape index (κ1) is 17.5. The largest absolute Gasteiger partial charge is 0.484 e. The summed E-state index contributed by atoms with van der Waals surface area (Å²) in [6.07, 6.45) is 0. The summed E-state index contributed by atoms with van der Waals surface area (Å²) in [5.74, 6) is -0.0257. The second-order valence-corrected chi connectivity index (χ2v) is 5.53. The number of carbonyl (C=O) groups excluding carboxylic acids is 2. The molecule has 3 amide bonds. The van der Waals surface area contributed by atoms with Gasteiger partial charge in [0.05, 0.1) is 0 Å². The highest BCUT2D eigenvalue weighted by molar-refractivity contribution is 5.95. The van der Waals surface area contributed by atoms with Crippen LogP contribution in [0.2, 0.25) is 0 Å².